The Morgan fingerprint density at radius 1 is 1.44 bits per heavy atom. The van der Waals surface area contributed by atoms with Crippen LogP contribution in [0.5, 0.6) is 5.88 Å². The zero-order valence-electron chi connectivity index (χ0n) is 9.16. The molecule has 88 valence electrons. The number of halogens is 1. The Kier molecular flexibility index (Phi) is 4.36. The van der Waals surface area contributed by atoms with Crippen LogP contribution in [0.1, 0.15) is 25.7 Å². The Morgan fingerprint density at radius 2 is 2.38 bits per heavy atom. The first-order chi connectivity index (χ1) is 7.84. The number of nitrogens with one attached hydrogen (secondary N) is 1. The first-order valence-electron chi connectivity index (χ1n) is 5.68. The van der Waals surface area contributed by atoms with Crippen molar-refractivity contribution in [3.05, 3.63) is 17.5 Å². The van der Waals surface area contributed by atoms with Crippen molar-refractivity contribution in [3.8, 4) is 5.88 Å². The van der Waals surface area contributed by atoms with Crippen LogP contribution in [0, 0.1) is 0 Å². The second-order valence-electron chi connectivity index (χ2n) is 3.96. The van der Waals surface area contributed by atoms with E-state index in [1.807, 2.05) is 0 Å². The molecule has 1 saturated heterocycles. The fraction of sp³-hybridized carbons (Fsp3) is 0.636. The average Bonchev–Trinajstić information content (AvgIpc) is 2.30. The number of rotatable bonds is 4. The fourth-order valence-corrected chi connectivity index (χ4v) is 2.01. The summed E-state index contributed by atoms with van der Waals surface area (Å²) in [5.74, 6) is 0.552. The maximum absolute atomic E-state index is 5.73. The molecule has 0 bridgehead atoms. The summed E-state index contributed by atoms with van der Waals surface area (Å²) in [7, 11) is 0. The maximum Gasteiger partial charge on any atom is 0.217 e. The summed E-state index contributed by atoms with van der Waals surface area (Å²) in [4.78, 5) is 7.78. The molecule has 0 radical (unpaired) electrons. The normalized spacial score (nSPS) is 20.7. The highest BCUT2D eigenvalue weighted by Crippen LogP contribution is 2.13. The van der Waals surface area contributed by atoms with Gasteiger partial charge < -0.3 is 10.1 Å². The third-order valence-corrected chi connectivity index (χ3v) is 2.94. The van der Waals surface area contributed by atoms with Crippen molar-refractivity contribution in [2.75, 3.05) is 13.2 Å². The maximum atomic E-state index is 5.73. The zero-order chi connectivity index (χ0) is 11.2. The van der Waals surface area contributed by atoms with Crippen LogP contribution in [-0.4, -0.2) is 29.2 Å². The monoisotopic (exact) mass is 241 g/mol. The lowest BCUT2D eigenvalue weighted by molar-refractivity contribution is 0.260. The van der Waals surface area contributed by atoms with E-state index in [0.717, 1.165) is 13.0 Å². The van der Waals surface area contributed by atoms with Gasteiger partial charge in [0.15, 0.2) is 0 Å². The topological polar surface area (TPSA) is 47.0 Å². The number of nitrogens with zero attached hydrogens (tertiary/aromatic N) is 2. The number of piperidine rings is 1. The highest BCUT2D eigenvalue weighted by Gasteiger charge is 2.12. The van der Waals surface area contributed by atoms with Crippen LogP contribution in [0.15, 0.2) is 12.4 Å². The molecule has 1 aromatic rings. The zero-order valence-corrected chi connectivity index (χ0v) is 9.91. The van der Waals surface area contributed by atoms with Crippen molar-refractivity contribution in [1.82, 2.24) is 15.3 Å². The molecule has 1 aliphatic rings. The van der Waals surface area contributed by atoms with Crippen LogP contribution in [0.2, 0.25) is 5.15 Å². The van der Waals surface area contributed by atoms with Gasteiger partial charge in [-0.25, -0.2) is 9.97 Å². The number of hydrogen-bond donors (Lipinski definition) is 1. The van der Waals surface area contributed by atoms with Crippen molar-refractivity contribution in [1.29, 1.82) is 0 Å². The lowest BCUT2D eigenvalue weighted by Crippen LogP contribution is -2.35. The van der Waals surface area contributed by atoms with Gasteiger partial charge in [-0.3, -0.25) is 0 Å². The third kappa shape index (κ3) is 3.61. The largest absolute Gasteiger partial charge is 0.477 e. The van der Waals surface area contributed by atoms with Gasteiger partial charge in [0.25, 0.3) is 0 Å². The van der Waals surface area contributed by atoms with Crippen LogP contribution >= 0.6 is 11.6 Å². The average molecular weight is 242 g/mol. The lowest BCUT2D eigenvalue weighted by Gasteiger charge is -2.23. The third-order valence-electron chi connectivity index (χ3n) is 2.74. The Labute approximate surface area is 100 Å². The Hall–Kier alpha value is -0.870. The molecule has 1 N–H and O–H groups in total. The van der Waals surface area contributed by atoms with Gasteiger partial charge in [-0.05, 0) is 25.8 Å². The highest BCUT2D eigenvalue weighted by atomic mass is 35.5. The molecule has 0 aromatic carbocycles. The van der Waals surface area contributed by atoms with E-state index in [0.29, 0.717) is 23.7 Å². The SMILES string of the molecule is Clc1cc(OCCC2CCCCN2)ncn1. The van der Waals surface area contributed by atoms with Crippen molar-refractivity contribution in [3.63, 3.8) is 0 Å². The molecule has 2 rings (SSSR count). The molecule has 4 nitrogen and oxygen atoms in total. The summed E-state index contributed by atoms with van der Waals surface area (Å²) in [6.07, 6.45) is 6.28. The van der Waals surface area contributed by atoms with Gasteiger partial charge in [0.2, 0.25) is 5.88 Å². The predicted molar refractivity (Wildman–Crippen MR) is 62.8 cm³/mol. The smallest absolute Gasteiger partial charge is 0.217 e. The molecule has 0 amide bonds. The second kappa shape index (κ2) is 6.01. The van der Waals surface area contributed by atoms with E-state index in [9.17, 15) is 0 Å². The first kappa shape index (κ1) is 11.6. The Balaban J connectivity index is 1.71. The minimum absolute atomic E-state index is 0.417. The predicted octanol–water partition coefficient (Wildman–Crippen LogP) is 2.04. The Morgan fingerprint density at radius 3 is 3.12 bits per heavy atom. The molecule has 0 aliphatic carbocycles. The van der Waals surface area contributed by atoms with E-state index in [4.69, 9.17) is 16.3 Å². The fourth-order valence-electron chi connectivity index (χ4n) is 1.87. The lowest BCUT2D eigenvalue weighted by atomic mass is 10.0. The van der Waals surface area contributed by atoms with Crippen molar-refractivity contribution in [2.45, 2.75) is 31.7 Å². The van der Waals surface area contributed by atoms with Crippen LogP contribution in [0.4, 0.5) is 0 Å². The minimum atomic E-state index is 0.417. The molecule has 5 heteroatoms. The van der Waals surface area contributed by atoms with Gasteiger partial charge in [-0.15, -0.1) is 0 Å². The molecule has 0 saturated carbocycles. The minimum Gasteiger partial charge on any atom is -0.477 e. The standard InChI is InChI=1S/C11H16ClN3O/c12-10-7-11(15-8-14-10)16-6-4-9-3-1-2-5-13-9/h7-9,13H,1-6H2. The van der Waals surface area contributed by atoms with Gasteiger partial charge in [0.05, 0.1) is 6.61 Å². The van der Waals surface area contributed by atoms with Crippen molar-refractivity contribution >= 4 is 11.6 Å². The highest BCUT2D eigenvalue weighted by molar-refractivity contribution is 6.29. The molecule has 1 aromatic heterocycles. The van der Waals surface area contributed by atoms with Gasteiger partial charge in [0, 0.05) is 12.1 Å². The molecular formula is C11H16ClN3O. The first-order valence-corrected chi connectivity index (χ1v) is 6.06. The van der Waals surface area contributed by atoms with Crippen LogP contribution in [0.3, 0.4) is 0 Å². The summed E-state index contributed by atoms with van der Waals surface area (Å²) < 4.78 is 5.51. The molecule has 2 heterocycles. The molecule has 1 fully saturated rings. The van der Waals surface area contributed by atoms with Crippen LogP contribution in [-0.2, 0) is 0 Å². The molecule has 1 unspecified atom stereocenters. The summed E-state index contributed by atoms with van der Waals surface area (Å²) in [6.45, 7) is 1.80. The van der Waals surface area contributed by atoms with Crippen molar-refractivity contribution < 1.29 is 4.74 Å². The van der Waals surface area contributed by atoms with E-state index in [2.05, 4.69) is 15.3 Å². The van der Waals surface area contributed by atoms with E-state index in [-0.39, 0.29) is 0 Å². The van der Waals surface area contributed by atoms with E-state index in [1.165, 1.54) is 25.6 Å². The number of aromatic nitrogens is 2. The van der Waals surface area contributed by atoms with E-state index < -0.39 is 0 Å². The van der Waals surface area contributed by atoms with Gasteiger partial charge in [0.1, 0.15) is 11.5 Å². The van der Waals surface area contributed by atoms with Crippen molar-refractivity contribution in [2.24, 2.45) is 0 Å². The van der Waals surface area contributed by atoms with Crippen LogP contribution in [0.25, 0.3) is 0 Å². The summed E-state index contributed by atoms with van der Waals surface area (Å²) in [6, 6.07) is 2.22. The molecule has 1 atom stereocenters. The summed E-state index contributed by atoms with van der Waals surface area (Å²) >= 11 is 5.73. The van der Waals surface area contributed by atoms with Gasteiger partial charge in [-0.2, -0.15) is 0 Å². The van der Waals surface area contributed by atoms with Crippen LogP contribution < -0.4 is 10.1 Å². The second-order valence-corrected chi connectivity index (χ2v) is 4.35. The molecule has 1 aliphatic heterocycles. The van der Waals surface area contributed by atoms with E-state index >= 15 is 0 Å². The quantitative estimate of drug-likeness (QED) is 0.820. The van der Waals surface area contributed by atoms with Gasteiger partial charge in [-0.1, -0.05) is 18.0 Å². The summed E-state index contributed by atoms with van der Waals surface area (Å²) in [5.41, 5.74) is 0. The number of hydrogen-bond acceptors (Lipinski definition) is 4. The van der Waals surface area contributed by atoms with Gasteiger partial charge >= 0.3 is 0 Å². The molecular weight excluding hydrogens is 226 g/mol. The number of ether oxygens (including phenoxy) is 1. The molecule has 16 heavy (non-hydrogen) atoms. The summed E-state index contributed by atoms with van der Waals surface area (Å²) in [5, 5.41) is 3.90. The van der Waals surface area contributed by atoms with E-state index in [1.54, 1.807) is 6.07 Å². The Bertz CT molecular complexity index is 329. The molecule has 0 spiro atoms.